The fraction of sp³-hybridized carbons (Fsp3) is 0.174. The largest absolute Gasteiger partial charge is 0.573 e. The van der Waals surface area contributed by atoms with E-state index < -0.39 is 71.4 Å². The molecule has 0 atom stereocenters. The molecule has 0 spiro atoms. The van der Waals surface area contributed by atoms with Gasteiger partial charge in [-0.15, -0.1) is 13.2 Å². The van der Waals surface area contributed by atoms with Crippen molar-refractivity contribution in [2.45, 2.75) is 12.5 Å². The fourth-order valence-electron chi connectivity index (χ4n) is 2.93. The summed E-state index contributed by atoms with van der Waals surface area (Å²) in [6.07, 6.45) is -9.54. The van der Waals surface area contributed by atoms with Crippen molar-refractivity contribution >= 4 is 17.6 Å². The molecule has 0 aliphatic heterocycles. The monoisotopic (exact) mass is 551 g/mol. The summed E-state index contributed by atoms with van der Waals surface area (Å²) in [6.45, 7) is 0. The van der Waals surface area contributed by atoms with Crippen LogP contribution in [0.4, 0.5) is 36.4 Å². The van der Waals surface area contributed by atoms with E-state index in [1.54, 1.807) is 0 Å². The Morgan fingerprint density at radius 2 is 1.68 bits per heavy atom. The van der Waals surface area contributed by atoms with E-state index in [0.29, 0.717) is 24.3 Å². The Kier molecular flexibility index (Phi) is 6.78. The number of hydrogen-bond acceptors (Lipinski definition) is 7. The molecule has 3 aromatic rings. The maximum absolute atomic E-state index is 15.1. The van der Waals surface area contributed by atoms with Crippen LogP contribution in [0.2, 0.25) is 0 Å². The number of halogens is 7. The number of carbonyl (C=O) groups is 2. The third kappa shape index (κ3) is 6.60. The standard InChI is InChI=1S/C23H15F7N2O6/c1-35-17-9-12(38-23(28,29)30)4-7-15(17)37-16-8-5-13(22(25,26)27)19(24)18(16)20(33)32-11-3-6-14(31-10-11)21(34)36-2/h3-10H,1-2H3,(H,32,33)/i1D3. The third-order valence-electron chi connectivity index (χ3n) is 4.53. The number of esters is 1. The number of ether oxygens (including phenoxy) is 4. The molecule has 38 heavy (non-hydrogen) atoms. The Morgan fingerprint density at radius 3 is 2.26 bits per heavy atom. The van der Waals surface area contributed by atoms with Crippen molar-refractivity contribution in [3.05, 3.63) is 71.3 Å². The minimum atomic E-state index is -5.27. The first kappa shape index (κ1) is 23.8. The van der Waals surface area contributed by atoms with E-state index in [-0.39, 0.29) is 17.4 Å². The predicted octanol–water partition coefficient (Wildman–Crippen LogP) is 5.98. The summed E-state index contributed by atoms with van der Waals surface area (Å²) >= 11 is 0. The predicted molar refractivity (Wildman–Crippen MR) is 115 cm³/mol. The lowest BCUT2D eigenvalue weighted by Crippen LogP contribution is -2.19. The third-order valence-corrected chi connectivity index (χ3v) is 4.53. The number of amides is 1. The first-order chi connectivity index (χ1) is 18.9. The normalized spacial score (nSPS) is 13.0. The van der Waals surface area contributed by atoms with Gasteiger partial charge in [-0.1, -0.05) is 0 Å². The van der Waals surface area contributed by atoms with E-state index in [1.807, 2.05) is 0 Å². The molecule has 0 saturated carbocycles. The minimum absolute atomic E-state index is 0.195. The Labute approximate surface area is 213 Å². The van der Waals surface area contributed by atoms with Gasteiger partial charge >= 0.3 is 18.5 Å². The van der Waals surface area contributed by atoms with Crippen molar-refractivity contribution in [1.82, 2.24) is 4.98 Å². The van der Waals surface area contributed by atoms with Crippen LogP contribution in [0.3, 0.4) is 0 Å². The summed E-state index contributed by atoms with van der Waals surface area (Å²) in [5.41, 5.74) is -3.60. The highest BCUT2D eigenvalue weighted by molar-refractivity contribution is 6.06. The number of nitrogens with one attached hydrogen (secondary N) is 1. The zero-order valence-corrected chi connectivity index (χ0v) is 18.7. The van der Waals surface area contributed by atoms with Crippen molar-refractivity contribution in [2.24, 2.45) is 0 Å². The summed E-state index contributed by atoms with van der Waals surface area (Å²) < 4.78 is 133. The van der Waals surface area contributed by atoms with Crippen molar-refractivity contribution in [3.8, 4) is 23.0 Å². The van der Waals surface area contributed by atoms with E-state index in [2.05, 4.69) is 24.5 Å². The summed E-state index contributed by atoms with van der Waals surface area (Å²) in [6, 6.07) is 4.72. The maximum atomic E-state index is 15.1. The van der Waals surface area contributed by atoms with Crippen LogP contribution in [0.15, 0.2) is 48.7 Å². The van der Waals surface area contributed by atoms with E-state index in [9.17, 15) is 35.9 Å². The number of anilines is 1. The van der Waals surface area contributed by atoms with Crippen molar-refractivity contribution in [1.29, 1.82) is 0 Å². The molecule has 1 aromatic heterocycles. The van der Waals surface area contributed by atoms with Gasteiger partial charge in [0.25, 0.3) is 5.91 Å². The fourth-order valence-corrected chi connectivity index (χ4v) is 2.93. The Bertz CT molecular complexity index is 1450. The number of rotatable bonds is 7. The number of methoxy groups -OCH3 is 2. The molecule has 0 bridgehead atoms. The molecule has 3 rings (SSSR count). The summed E-state index contributed by atoms with van der Waals surface area (Å²) in [7, 11) is -2.19. The van der Waals surface area contributed by atoms with Crippen LogP contribution in [0.25, 0.3) is 0 Å². The van der Waals surface area contributed by atoms with Gasteiger partial charge in [0, 0.05) is 6.07 Å². The van der Waals surface area contributed by atoms with Gasteiger partial charge in [0.05, 0.1) is 35.7 Å². The molecule has 2 aromatic carbocycles. The van der Waals surface area contributed by atoms with Gasteiger partial charge in [0.15, 0.2) is 17.3 Å². The molecular formula is C23H15F7N2O6. The average molecular weight is 551 g/mol. The van der Waals surface area contributed by atoms with Crippen molar-refractivity contribution < 1.29 is 63.4 Å². The molecule has 15 heteroatoms. The zero-order chi connectivity index (χ0) is 30.8. The molecule has 0 saturated heterocycles. The number of alkyl halides is 6. The second-order valence-corrected chi connectivity index (χ2v) is 7.04. The number of hydrogen-bond donors (Lipinski definition) is 1. The molecule has 8 nitrogen and oxygen atoms in total. The number of pyridine rings is 1. The van der Waals surface area contributed by atoms with Crippen LogP contribution in [0.1, 0.15) is 30.5 Å². The van der Waals surface area contributed by atoms with Crippen LogP contribution in [0.5, 0.6) is 23.0 Å². The molecule has 1 amide bonds. The second kappa shape index (κ2) is 10.8. The van der Waals surface area contributed by atoms with Gasteiger partial charge in [-0.2, -0.15) is 13.2 Å². The molecule has 0 radical (unpaired) electrons. The van der Waals surface area contributed by atoms with Gasteiger partial charge in [-0.3, -0.25) is 4.79 Å². The molecule has 0 unspecified atom stereocenters. The molecule has 0 aliphatic rings. The van der Waals surface area contributed by atoms with Crippen LogP contribution in [0, 0.1) is 5.82 Å². The highest BCUT2D eigenvalue weighted by atomic mass is 19.4. The van der Waals surface area contributed by atoms with Gasteiger partial charge < -0.3 is 24.3 Å². The van der Waals surface area contributed by atoms with Crippen molar-refractivity contribution in [3.63, 3.8) is 0 Å². The van der Waals surface area contributed by atoms with Crippen LogP contribution in [-0.4, -0.2) is 37.4 Å². The Morgan fingerprint density at radius 1 is 0.974 bits per heavy atom. The number of aromatic nitrogens is 1. The molecule has 1 N–H and O–H groups in total. The van der Waals surface area contributed by atoms with Gasteiger partial charge in [-0.25, -0.2) is 14.2 Å². The van der Waals surface area contributed by atoms with Crippen LogP contribution in [-0.2, 0) is 10.9 Å². The van der Waals surface area contributed by atoms with Gasteiger partial charge in [0.1, 0.15) is 22.8 Å². The first-order valence-electron chi connectivity index (χ1n) is 11.4. The van der Waals surface area contributed by atoms with E-state index >= 15 is 4.39 Å². The summed E-state index contributed by atoms with van der Waals surface area (Å²) in [5.74, 6) is -7.96. The molecule has 0 fully saturated rings. The number of nitrogens with zero attached hydrogens (tertiary/aromatic N) is 1. The van der Waals surface area contributed by atoms with E-state index in [0.717, 1.165) is 25.4 Å². The van der Waals surface area contributed by atoms with Crippen LogP contribution >= 0.6 is 0 Å². The molecule has 202 valence electrons. The summed E-state index contributed by atoms with van der Waals surface area (Å²) in [4.78, 5) is 28.1. The Hall–Kier alpha value is -4.56. The smallest absolute Gasteiger partial charge is 0.493 e. The highest BCUT2D eigenvalue weighted by Gasteiger charge is 2.38. The topological polar surface area (TPSA) is 96.0 Å². The number of carbonyl (C=O) groups excluding carboxylic acids is 2. The summed E-state index contributed by atoms with van der Waals surface area (Å²) in [5, 5.41) is 2.07. The average Bonchev–Trinajstić information content (AvgIpc) is 2.83. The van der Waals surface area contributed by atoms with Crippen LogP contribution < -0.4 is 19.5 Å². The SMILES string of the molecule is [2H]C([2H])([2H])Oc1cc(OC(F)(F)F)ccc1Oc1ccc(C(F)(F)F)c(F)c1C(=O)Nc1ccc(C(=O)OC)nc1. The quantitative estimate of drug-likeness (QED) is 0.285. The maximum Gasteiger partial charge on any atom is 0.573 e. The second-order valence-electron chi connectivity index (χ2n) is 7.04. The minimum Gasteiger partial charge on any atom is -0.493 e. The van der Waals surface area contributed by atoms with Crippen molar-refractivity contribution in [2.75, 3.05) is 19.5 Å². The Balaban J connectivity index is 2.07. The highest BCUT2D eigenvalue weighted by Crippen LogP contribution is 2.40. The molecule has 1 heterocycles. The number of benzene rings is 2. The lowest BCUT2D eigenvalue weighted by molar-refractivity contribution is -0.274. The zero-order valence-electron chi connectivity index (χ0n) is 21.7. The lowest BCUT2D eigenvalue weighted by atomic mass is 10.1. The lowest BCUT2D eigenvalue weighted by Gasteiger charge is -2.18. The van der Waals surface area contributed by atoms with E-state index in [1.165, 1.54) is 0 Å². The molecule has 0 aliphatic carbocycles. The van der Waals surface area contributed by atoms with E-state index in [4.69, 9.17) is 8.85 Å². The first-order valence-corrected chi connectivity index (χ1v) is 9.90. The van der Waals surface area contributed by atoms with Gasteiger partial charge in [0.2, 0.25) is 0 Å². The molecular weight excluding hydrogens is 533 g/mol. The van der Waals surface area contributed by atoms with Gasteiger partial charge in [-0.05, 0) is 36.4 Å².